The normalized spacial score (nSPS) is 23.5. The van der Waals surface area contributed by atoms with Crippen molar-refractivity contribution in [1.29, 1.82) is 0 Å². The minimum Gasteiger partial charge on any atom is -0.261 e. The number of hydrogen-bond acceptors (Lipinski definition) is 2. The van der Waals surface area contributed by atoms with Gasteiger partial charge in [-0.3, -0.25) is 10.1 Å². The lowest BCUT2D eigenvalue weighted by molar-refractivity contribution is -0.608. The molecule has 0 amide bonds. The number of rotatable bonds is 1. The zero-order valence-corrected chi connectivity index (χ0v) is 10.3. The summed E-state index contributed by atoms with van der Waals surface area (Å²) in [5.41, 5.74) is -6.95. The molecule has 2 rings (SSSR count). The molecule has 0 bridgehead atoms. The summed E-state index contributed by atoms with van der Waals surface area (Å²) in [6.45, 7) is 0.175. The first-order valence-corrected chi connectivity index (χ1v) is 5.35. The van der Waals surface area contributed by atoms with E-state index in [-0.39, 0.29) is 6.92 Å². The molecule has 22 heavy (non-hydrogen) atoms. The van der Waals surface area contributed by atoms with Crippen molar-refractivity contribution in [1.82, 2.24) is 0 Å². The van der Waals surface area contributed by atoms with Gasteiger partial charge in [0.25, 0.3) is 0 Å². The molecule has 0 N–H and O–H groups in total. The molecule has 0 aromatic heterocycles. The van der Waals surface area contributed by atoms with Crippen LogP contribution >= 0.6 is 0 Å². The largest absolute Gasteiger partial charge is 0.440 e. The van der Waals surface area contributed by atoms with Crippen molar-refractivity contribution >= 4 is 0 Å². The molecule has 0 saturated heterocycles. The van der Waals surface area contributed by atoms with Crippen molar-refractivity contribution in [2.24, 2.45) is 0 Å². The molecule has 1 aromatic carbocycles. The van der Waals surface area contributed by atoms with Gasteiger partial charge in [-0.2, -0.15) is 17.6 Å². The molecule has 1 aliphatic carbocycles. The number of benzene rings is 1. The number of nitrogens with zero attached hydrogens (tertiary/aromatic N) is 1. The van der Waals surface area contributed by atoms with Gasteiger partial charge in [0.15, 0.2) is 23.3 Å². The van der Waals surface area contributed by atoms with E-state index in [2.05, 4.69) is 0 Å². The lowest BCUT2D eigenvalue weighted by Gasteiger charge is -2.31. The van der Waals surface area contributed by atoms with Crippen LogP contribution in [0.5, 0.6) is 0 Å². The minimum absolute atomic E-state index is 0.175. The molecule has 1 aliphatic rings. The summed E-state index contributed by atoms with van der Waals surface area (Å²) in [7, 11) is 0. The Balaban J connectivity index is 3.13. The van der Waals surface area contributed by atoms with E-state index in [1.54, 1.807) is 0 Å². The van der Waals surface area contributed by atoms with Crippen LogP contribution in [-0.2, 0) is 11.7 Å². The summed E-state index contributed by atoms with van der Waals surface area (Å²) in [6.07, 6.45) is 0. The van der Waals surface area contributed by atoms with E-state index in [4.69, 9.17) is 0 Å². The predicted molar refractivity (Wildman–Crippen MR) is 53.8 cm³/mol. The molecule has 0 fully saturated rings. The maximum absolute atomic E-state index is 14.3. The van der Waals surface area contributed by atoms with Crippen molar-refractivity contribution in [3.8, 4) is 0 Å². The minimum atomic E-state index is -4.81. The van der Waals surface area contributed by atoms with Crippen LogP contribution in [0.15, 0.2) is 11.4 Å². The third-order valence-corrected chi connectivity index (χ3v) is 3.26. The molecule has 1 unspecified atom stereocenters. The summed E-state index contributed by atoms with van der Waals surface area (Å²) in [6, 6.07) is 0. The first kappa shape index (κ1) is 16.2. The molecule has 0 aliphatic heterocycles. The fraction of sp³-hybridized carbons (Fsp3) is 0.273. The van der Waals surface area contributed by atoms with Gasteiger partial charge in [-0.25, -0.2) is 17.6 Å². The van der Waals surface area contributed by atoms with Crippen molar-refractivity contribution in [2.75, 3.05) is 0 Å². The van der Waals surface area contributed by atoms with Gasteiger partial charge in [-0.1, -0.05) is 0 Å². The van der Waals surface area contributed by atoms with Gasteiger partial charge >= 0.3 is 11.7 Å². The van der Waals surface area contributed by atoms with Gasteiger partial charge in [-0.15, -0.1) is 0 Å². The summed E-state index contributed by atoms with van der Waals surface area (Å²) in [5, 5.41) is 10.7. The van der Waals surface area contributed by atoms with Crippen molar-refractivity contribution < 1.29 is 40.0 Å². The third-order valence-electron chi connectivity index (χ3n) is 3.26. The van der Waals surface area contributed by atoms with Gasteiger partial charge in [0.05, 0.1) is 10.5 Å². The van der Waals surface area contributed by atoms with E-state index in [9.17, 15) is 45.2 Å². The Kier molecular flexibility index (Phi) is 3.23. The maximum atomic E-state index is 14.3. The Morgan fingerprint density at radius 3 is 1.68 bits per heavy atom. The molecule has 0 heterocycles. The van der Waals surface area contributed by atoms with Crippen LogP contribution in [0.4, 0.5) is 35.1 Å². The number of halogens is 8. The van der Waals surface area contributed by atoms with Crippen LogP contribution in [0.3, 0.4) is 0 Å². The number of allylic oxidation sites excluding steroid dienone is 1. The molecule has 0 radical (unpaired) electrons. The third kappa shape index (κ3) is 1.61. The second-order valence-electron chi connectivity index (χ2n) is 4.40. The first-order valence-electron chi connectivity index (χ1n) is 5.35. The lowest BCUT2D eigenvalue weighted by Crippen LogP contribution is -2.42. The van der Waals surface area contributed by atoms with E-state index >= 15 is 0 Å². The topological polar surface area (TPSA) is 43.1 Å². The SMILES string of the molecule is CC1=C(F)C(F)([N+](=O)[O-])c2c(F)c(F)c(F)c(F)c2C1(F)F. The van der Waals surface area contributed by atoms with Crippen LogP contribution < -0.4 is 0 Å². The van der Waals surface area contributed by atoms with E-state index < -0.39 is 62.4 Å². The van der Waals surface area contributed by atoms with Gasteiger partial charge < -0.3 is 0 Å². The van der Waals surface area contributed by atoms with Crippen LogP contribution in [0, 0.1) is 33.4 Å². The first-order chi connectivity index (χ1) is 9.90. The van der Waals surface area contributed by atoms with Crippen molar-refractivity contribution in [3.05, 3.63) is 55.9 Å². The summed E-state index contributed by atoms with van der Waals surface area (Å²) >= 11 is 0. The molecular formula is C11H3F8NO2. The van der Waals surface area contributed by atoms with E-state index in [0.717, 1.165) is 0 Å². The smallest absolute Gasteiger partial charge is 0.261 e. The molecular weight excluding hydrogens is 330 g/mol. The Labute approximate surface area is 116 Å². The van der Waals surface area contributed by atoms with Crippen LogP contribution in [0.25, 0.3) is 0 Å². The Morgan fingerprint density at radius 2 is 1.27 bits per heavy atom. The van der Waals surface area contributed by atoms with E-state index in [1.165, 1.54) is 0 Å². The fourth-order valence-electron chi connectivity index (χ4n) is 2.09. The standard InChI is InChI=1S/C11H3F8NO2/c1-2-9(16)11(19,20(21)22)4-3(10(2,17)18)5(12)7(14)8(15)6(4)13/h1H3. The molecule has 0 spiro atoms. The van der Waals surface area contributed by atoms with E-state index in [0.29, 0.717) is 0 Å². The molecule has 0 saturated carbocycles. The van der Waals surface area contributed by atoms with Gasteiger partial charge in [0, 0.05) is 5.57 Å². The zero-order chi connectivity index (χ0) is 17.2. The Morgan fingerprint density at radius 1 is 0.864 bits per heavy atom. The van der Waals surface area contributed by atoms with Gasteiger partial charge in [-0.05, 0) is 6.92 Å². The number of hydrogen-bond donors (Lipinski definition) is 0. The average Bonchev–Trinajstić information content (AvgIpc) is 2.44. The number of fused-ring (bicyclic) bond motifs is 1. The Bertz CT molecular complexity index is 744. The molecule has 3 nitrogen and oxygen atoms in total. The van der Waals surface area contributed by atoms with Crippen LogP contribution in [0.1, 0.15) is 18.1 Å². The second-order valence-corrected chi connectivity index (χ2v) is 4.40. The van der Waals surface area contributed by atoms with Crippen LogP contribution in [-0.4, -0.2) is 4.92 Å². The number of nitro groups is 1. The highest BCUT2D eigenvalue weighted by molar-refractivity contribution is 5.50. The Hall–Kier alpha value is -2.20. The van der Waals surface area contributed by atoms with Crippen molar-refractivity contribution in [3.63, 3.8) is 0 Å². The lowest BCUT2D eigenvalue weighted by atomic mass is 9.82. The van der Waals surface area contributed by atoms with Crippen LogP contribution in [0.2, 0.25) is 0 Å². The molecule has 1 atom stereocenters. The fourth-order valence-corrected chi connectivity index (χ4v) is 2.09. The van der Waals surface area contributed by atoms with Crippen molar-refractivity contribution in [2.45, 2.75) is 18.6 Å². The quantitative estimate of drug-likeness (QED) is 0.195. The van der Waals surface area contributed by atoms with E-state index in [1.807, 2.05) is 0 Å². The second kappa shape index (κ2) is 4.40. The average molecular weight is 333 g/mol. The number of alkyl halides is 3. The summed E-state index contributed by atoms with van der Waals surface area (Å²) < 4.78 is 109. The predicted octanol–water partition coefficient (Wildman–Crippen LogP) is 3.99. The highest BCUT2D eigenvalue weighted by atomic mass is 19.3. The molecule has 1 aromatic rings. The van der Waals surface area contributed by atoms with Gasteiger partial charge in [0.1, 0.15) is 5.56 Å². The molecule has 11 heteroatoms. The zero-order valence-electron chi connectivity index (χ0n) is 10.3. The summed E-state index contributed by atoms with van der Waals surface area (Å²) in [5.74, 6) is -23.4. The monoisotopic (exact) mass is 333 g/mol. The summed E-state index contributed by atoms with van der Waals surface area (Å²) in [4.78, 5) is 8.49. The maximum Gasteiger partial charge on any atom is 0.440 e. The molecule has 120 valence electrons. The highest BCUT2D eigenvalue weighted by Gasteiger charge is 2.65. The highest BCUT2D eigenvalue weighted by Crippen LogP contribution is 2.54. The van der Waals surface area contributed by atoms with Gasteiger partial charge in [0.2, 0.25) is 5.83 Å².